The maximum absolute atomic E-state index is 12.7. The second kappa shape index (κ2) is 8.90. The molecule has 0 bridgehead atoms. The number of hydrogen-bond donors (Lipinski definition) is 2. The van der Waals surface area contributed by atoms with E-state index >= 15 is 0 Å². The number of aryl methyl sites for hydroxylation is 2. The number of nitrogens with zero attached hydrogens (tertiary/aromatic N) is 2. The van der Waals surface area contributed by atoms with Gasteiger partial charge in [0.1, 0.15) is 0 Å². The zero-order valence-corrected chi connectivity index (χ0v) is 18.6. The van der Waals surface area contributed by atoms with Crippen molar-refractivity contribution in [1.29, 1.82) is 0 Å². The molecule has 0 saturated carbocycles. The van der Waals surface area contributed by atoms with Crippen LogP contribution in [0, 0.1) is 20.8 Å². The second-order valence-electron chi connectivity index (χ2n) is 6.99. The first-order chi connectivity index (χ1) is 14.2. The summed E-state index contributed by atoms with van der Waals surface area (Å²) in [5, 5.41) is 10.9. The molecule has 2 N–H and O–H groups in total. The van der Waals surface area contributed by atoms with Crippen LogP contribution in [0.2, 0.25) is 10.0 Å². The number of anilines is 1. The lowest BCUT2D eigenvalue weighted by atomic mass is 10.1. The van der Waals surface area contributed by atoms with Crippen molar-refractivity contribution in [2.75, 3.05) is 12.4 Å². The molecule has 0 atom stereocenters. The predicted molar refractivity (Wildman–Crippen MR) is 120 cm³/mol. The van der Waals surface area contributed by atoms with E-state index < -0.39 is 0 Å². The molecule has 8 heteroatoms. The molecule has 0 aliphatic heterocycles. The van der Waals surface area contributed by atoms with E-state index in [9.17, 15) is 9.59 Å². The summed E-state index contributed by atoms with van der Waals surface area (Å²) in [7, 11) is 1.52. The average molecular weight is 445 g/mol. The van der Waals surface area contributed by atoms with Gasteiger partial charge in [-0.3, -0.25) is 9.59 Å². The Morgan fingerprint density at radius 3 is 2.43 bits per heavy atom. The lowest BCUT2D eigenvalue weighted by Gasteiger charge is -2.09. The third-order valence-corrected chi connectivity index (χ3v) is 5.64. The Morgan fingerprint density at radius 1 is 1.03 bits per heavy atom. The van der Waals surface area contributed by atoms with Crippen LogP contribution >= 0.6 is 23.2 Å². The summed E-state index contributed by atoms with van der Waals surface area (Å²) in [5.41, 5.74) is 5.09. The number of carbonyl (C=O) groups is 2. The maximum atomic E-state index is 12.7. The standard InChI is InChI=1S/C22H22Cl2N4O2/c1-12-5-7-16(10-20(12)24)28-14(3)17(13(2)27-28)11-21(29)26-15-6-8-19(23)18(9-15)22(30)25-4/h5-10H,11H2,1-4H3,(H,25,30)(H,26,29). The third-order valence-electron chi connectivity index (χ3n) is 4.90. The molecule has 30 heavy (non-hydrogen) atoms. The van der Waals surface area contributed by atoms with Gasteiger partial charge in [0.15, 0.2) is 0 Å². The number of amides is 2. The molecule has 0 fully saturated rings. The average Bonchev–Trinajstić information content (AvgIpc) is 2.99. The Kier molecular flexibility index (Phi) is 6.48. The Bertz CT molecular complexity index is 1140. The van der Waals surface area contributed by atoms with Crippen LogP contribution in [-0.2, 0) is 11.2 Å². The molecule has 6 nitrogen and oxygen atoms in total. The largest absolute Gasteiger partial charge is 0.355 e. The number of halogens is 2. The zero-order chi connectivity index (χ0) is 22.0. The summed E-state index contributed by atoms with van der Waals surface area (Å²) in [5.74, 6) is -0.534. The molecule has 2 aromatic carbocycles. The molecule has 2 amide bonds. The number of nitrogens with one attached hydrogen (secondary N) is 2. The molecular formula is C22H22Cl2N4O2. The first-order valence-electron chi connectivity index (χ1n) is 9.34. The van der Waals surface area contributed by atoms with Crippen molar-refractivity contribution < 1.29 is 9.59 Å². The first-order valence-corrected chi connectivity index (χ1v) is 10.1. The van der Waals surface area contributed by atoms with Crippen molar-refractivity contribution in [3.63, 3.8) is 0 Å². The topological polar surface area (TPSA) is 76.0 Å². The van der Waals surface area contributed by atoms with E-state index in [1.807, 2.05) is 39.0 Å². The van der Waals surface area contributed by atoms with Crippen LogP contribution in [0.25, 0.3) is 5.69 Å². The summed E-state index contributed by atoms with van der Waals surface area (Å²) < 4.78 is 1.79. The Balaban J connectivity index is 1.82. The van der Waals surface area contributed by atoms with Gasteiger partial charge >= 0.3 is 0 Å². The minimum absolute atomic E-state index is 0.148. The van der Waals surface area contributed by atoms with Crippen LogP contribution in [0.1, 0.15) is 32.9 Å². The molecule has 3 aromatic rings. The van der Waals surface area contributed by atoms with Crippen molar-refractivity contribution in [2.24, 2.45) is 0 Å². The van der Waals surface area contributed by atoms with Crippen molar-refractivity contribution in [1.82, 2.24) is 15.1 Å². The van der Waals surface area contributed by atoms with Gasteiger partial charge in [0.2, 0.25) is 5.91 Å². The van der Waals surface area contributed by atoms with Crippen molar-refractivity contribution in [3.05, 3.63) is 74.5 Å². The van der Waals surface area contributed by atoms with Crippen LogP contribution in [0.3, 0.4) is 0 Å². The van der Waals surface area contributed by atoms with Gasteiger partial charge in [0.05, 0.1) is 28.4 Å². The number of aromatic nitrogens is 2. The Labute approximate surface area is 185 Å². The third kappa shape index (κ3) is 4.50. The van der Waals surface area contributed by atoms with Crippen LogP contribution in [-0.4, -0.2) is 28.6 Å². The SMILES string of the molecule is CNC(=O)c1cc(NC(=O)Cc2c(C)nn(-c3ccc(C)c(Cl)c3)c2C)ccc1Cl. The zero-order valence-electron chi connectivity index (χ0n) is 17.1. The minimum Gasteiger partial charge on any atom is -0.355 e. The van der Waals surface area contributed by atoms with E-state index in [1.54, 1.807) is 22.9 Å². The fraction of sp³-hybridized carbons (Fsp3) is 0.227. The van der Waals surface area contributed by atoms with Crippen LogP contribution < -0.4 is 10.6 Å². The number of rotatable bonds is 5. The van der Waals surface area contributed by atoms with Crippen molar-refractivity contribution in [3.8, 4) is 5.69 Å². The first kappa shape index (κ1) is 21.9. The molecule has 3 rings (SSSR count). The molecular weight excluding hydrogens is 423 g/mol. The van der Waals surface area contributed by atoms with E-state index in [-0.39, 0.29) is 18.2 Å². The Hall–Kier alpha value is -2.83. The predicted octanol–water partition coefficient (Wildman–Crippen LogP) is 4.65. The van der Waals surface area contributed by atoms with Gasteiger partial charge in [-0.1, -0.05) is 29.3 Å². The van der Waals surface area contributed by atoms with E-state index in [4.69, 9.17) is 23.2 Å². The summed E-state index contributed by atoms with van der Waals surface area (Å²) >= 11 is 12.3. The van der Waals surface area contributed by atoms with Crippen molar-refractivity contribution in [2.45, 2.75) is 27.2 Å². The summed E-state index contributed by atoms with van der Waals surface area (Å²) in [4.78, 5) is 24.6. The van der Waals surface area contributed by atoms with Crippen LogP contribution in [0.4, 0.5) is 5.69 Å². The van der Waals surface area contributed by atoms with E-state index in [0.717, 1.165) is 28.2 Å². The van der Waals surface area contributed by atoms with Crippen molar-refractivity contribution >= 4 is 40.7 Å². The maximum Gasteiger partial charge on any atom is 0.252 e. The minimum atomic E-state index is -0.319. The van der Waals surface area contributed by atoms with Crippen LogP contribution in [0.15, 0.2) is 36.4 Å². The molecule has 1 aromatic heterocycles. The van der Waals surface area contributed by atoms with E-state index in [1.165, 1.54) is 7.05 Å². The van der Waals surface area contributed by atoms with Gasteiger partial charge in [-0.15, -0.1) is 0 Å². The summed E-state index contributed by atoms with van der Waals surface area (Å²) in [6.45, 7) is 5.73. The molecule has 0 aliphatic rings. The number of carbonyl (C=O) groups excluding carboxylic acids is 2. The summed E-state index contributed by atoms with van der Waals surface area (Å²) in [6.07, 6.45) is 0.148. The molecule has 1 heterocycles. The van der Waals surface area contributed by atoms with E-state index in [2.05, 4.69) is 15.7 Å². The lowest BCUT2D eigenvalue weighted by Crippen LogP contribution is -2.19. The highest BCUT2D eigenvalue weighted by Crippen LogP contribution is 2.24. The highest BCUT2D eigenvalue weighted by Gasteiger charge is 2.17. The highest BCUT2D eigenvalue weighted by atomic mass is 35.5. The number of hydrogen-bond acceptors (Lipinski definition) is 3. The molecule has 0 saturated heterocycles. The molecule has 156 valence electrons. The monoisotopic (exact) mass is 444 g/mol. The fourth-order valence-electron chi connectivity index (χ4n) is 3.17. The molecule has 0 spiro atoms. The lowest BCUT2D eigenvalue weighted by molar-refractivity contribution is -0.115. The van der Waals surface area contributed by atoms with Gasteiger partial charge in [0, 0.05) is 29.0 Å². The number of benzene rings is 2. The molecule has 0 radical (unpaired) electrons. The van der Waals surface area contributed by atoms with E-state index in [0.29, 0.717) is 21.3 Å². The molecule has 0 unspecified atom stereocenters. The second-order valence-corrected chi connectivity index (χ2v) is 7.81. The Morgan fingerprint density at radius 2 is 1.77 bits per heavy atom. The highest BCUT2D eigenvalue weighted by molar-refractivity contribution is 6.34. The van der Waals surface area contributed by atoms with Crippen LogP contribution in [0.5, 0.6) is 0 Å². The quantitative estimate of drug-likeness (QED) is 0.601. The van der Waals surface area contributed by atoms with Gasteiger partial charge in [-0.05, 0) is 56.7 Å². The van der Waals surface area contributed by atoms with Gasteiger partial charge in [0.25, 0.3) is 5.91 Å². The molecule has 0 aliphatic carbocycles. The fourth-order valence-corrected chi connectivity index (χ4v) is 3.55. The van der Waals surface area contributed by atoms with Gasteiger partial charge in [-0.2, -0.15) is 5.10 Å². The smallest absolute Gasteiger partial charge is 0.252 e. The van der Waals surface area contributed by atoms with Gasteiger partial charge < -0.3 is 10.6 Å². The normalized spacial score (nSPS) is 10.7. The van der Waals surface area contributed by atoms with Gasteiger partial charge in [-0.25, -0.2) is 4.68 Å². The summed E-state index contributed by atoms with van der Waals surface area (Å²) in [6, 6.07) is 10.5.